The summed E-state index contributed by atoms with van der Waals surface area (Å²) in [5.41, 5.74) is 6.37. The van der Waals surface area contributed by atoms with Crippen molar-refractivity contribution in [2.45, 2.75) is 45.1 Å². The Morgan fingerprint density at radius 2 is 2.15 bits per heavy atom. The second kappa shape index (κ2) is 3.62. The molecule has 0 bridgehead atoms. The minimum atomic E-state index is -0.599. The van der Waals surface area contributed by atoms with Crippen LogP contribution in [0.4, 0.5) is 0 Å². The van der Waals surface area contributed by atoms with E-state index in [0.29, 0.717) is 12.3 Å². The molecule has 1 atom stereocenters. The van der Waals surface area contributed by atoms with Crippen LogP contribution < -0.4 is 5.73 Å². The summed E-state index contributed by atoms with van der Waals surface area (Å²) in [6.45, 7) is 7.70. The number of rotatable bonds is 5. The van der Waals surface area contributed by atoms with Gasteiger partial charge in [-0.1, -0.05) is 19.1 Å². The number of ketones is 1. The molecule has 2 heteroatoms. The van der Waals surface area contributed by atoms with Crippen molar-refractivity contribution < 1.29 is 4.79 Å². The van der Waals surface area contributed by atoms with Gasteiger partial charge in [0, 0.05) is 6.42 Å². The quantitative estimate of drug-likeness (QED) is 0.659. The van der Waals surface area contributed by atoms with E-state index in [1.54, 1.807) is 0 Å². The van der Waals surface area contributed by atoms with Gasteiger partial charge in [0.1, 0.15) is 0 Å². The van der Waals surface area contributed by atoms with Crippen molar-refractivity contribution in [3.63, 3.8) is 0 Å². The highest BCUT2D eigenvalue weighted by molar-refractivity contribution is 5.90. The van der Waals surface area contributed by atoms with E-state index in [1.807, 2.05) is 13.8 Å². The minimum absolute atomic E-state index is 0.154. The summed E-state index contributed by atoms with van der Waals surface area (Å²) in [4.78, 5) is 11.7. The van der Waals surface area contributed by atoms with Gasteiger partial charge in [0.25, 0.3) is 0 Å². The summed E-state index contributed by atoms with van der Waals surface area (Å²) in [5.74, 6) is 0.575. The molecule has 2 nitrogen and oxygen atoms in total. The molecule has 0 saturated heterocycles. The third kappa shape index (κ3) is 2.41. The molecule has 0 spiro atoms. The Bertz CT molecular complexity index is 226. The fourth-order valence-electron chi connectivity index (χ4n) is 1.45. The Kier molecular flexibility index (Phi) is 2.91. The van der Waals surface area contributed by atoms with Crippen LogP contribution in [-0.2, 0) is 4.79 Å². The van der Waals surface area contributed by atoms with Crippen LogP contribution in [0.15, 0.2) is 12.2 Å². The molecule has 74 valence electrons. The van der Waals surface area contributed by atoms with Crippen molar-refractivity contribution in [3.8, 4) is 0 Å². The predicted molar refractivity (Wildman–Crippen MR) is 54.4 cm³/mol. The molecule has 0 aromatic heterocycles. The number of allylic oxidation sites excluding steroid dienone is 1. The maximum absolute atomic E-state index is 11.7. The number of hydrogen-bond acceptors (Lipinski definition) is 2. The number of hydrogen-bond donors (Lipinski definition) is 1. The van der Waals surface area contributed by atoms with Gasteiger partial charge in [-0.05, 0) is 32.1 Å². The van der Waals surface area contributed by atoms with Crippen LogP contribution >= 0.6 is 0 Å². The lowest BCUT2D eigenvalue weighted by atomic mass is 9.88. The van der Waals surface area contributed by atoms with Crippen LogP contribution in [0.5, 0.6) is 0 Å². The van der Waals surface area contributed by atoms with Gasteiger partial charge in [0.2, 0.25) is 0 Å². The number of nitrogens with two attached hydrogens (primary N) is 1. The zero-order chi connectivity index (χ0) is 10.1. The maximum Gasteiger partial charge on any atom is 0.156 e. The molecule has 1 rings (SSSR count). The Hall–Kier alpha value is -0.630. The van der Waals surface area contributed by atoms with E-state index in [0.717, 1.165) is 24.8 Å². The van der Waals surface area contributed by atoms with Gasteiger partial charge in [-0.3, -0.25) is 4.79 Å². The molecule has 1 saturated carbocycles. The van der Waals surface area contributed by atoms with E-state index >= 15 is 0 Å². The van der Waals surface area contributed by atoms with Crippen LogP contribution in [-0.4, -0.2) is 11.3 Å². The van der Waals surface area contributed by atoms with Crippen LogP contribution in [0.1, 0.15) is 39.5 Å². The summed E-state index contributed by atoms with van der Waals surface area (Å²) >= 11 is 0. The Balaban J connectivity index is 2.50. The smallest absolute Gasteiger partial charge is 0.156 e. The Labute approximate surface area is 80.2 Å². The molecule has 2 N–H and O–H groups in total. The number of carbonyl (C=O) groups is 1. The highest BCUT2D eigenvalue weighted by Gasteiger charge is 2.43. The Morgan fingerprint density at radius 1 is 1.62 bits per heavy atom. The highest BCUT2D eigenvalue weighted by atomic mass is 16.1. The van der Waals surface area contributed by atoms with Crippen LogP contribution in [0.2, 0.25) is 0 Å². The second-order valence-corrected chi connectivity index (χ2v) is 4.26. The van der Waals surface area contributed by atoms with E-state index in [9.17, 15) is 4.79 Å². The van der Waals surface area contributed by atoms with E-state index in [-0.39, 0.29) is 5.78 Å². The first kappa shape index (κ1) is 10.5. The number of carbonyl (C=O) groups excluding carboxylic acids is 1. The molecule has 1 unspecified atom stereocenters. The van der Waals surface area contributed by atoms with Crippen molar-refractivity contribution in [1.82, 2.24) is 0 Å². The topological polar surface area (TPSA) is 43.1 Å². The third-order valence-corrected chi connectivity index (χ3v) is 2.94. The van der Waals surface area contributed by atoms with Crippen LogP contribution in [0, 0.1) is 5.92 Å². The Morgan fingerprint density at radius 3 is 2.54 bits per heavy atom. The first-order chi connectivity index (χ1) is 5.98. The zero-order valence-electron chi connectivity index (χ0n) is 8.60. The van der Waals surface area contributed by atoms with Crippen molar-refractivity contribution in [2.24, 2.45) is 11.7 Å². The predicted octanol–water partition coefficient (Wildman–Crippen LogP) is 2.04. The van der Waals surface area contributed by atoms with Gasteiger partial charge in [-0.25, -0.2) is 0 Å². The molecule has 1 aliphatic rings. The molecule has 0 radical (unpaired) electrons. The average Bonchev–Trinajstić information content (AvgIpc) is 2.86. The number of Topliss-reactive ketones (excluding diaryl/α,β-unsaturated/α-hetero) is 1. The largest absolute Gasteiger partial charge is 0.319 e. The van der Waals surface area contributed by atoms with Crippen LogP contribution in [0.3, 0.4) is 0 Å². The van der Waals surface area contributed by atoms with Gasteiger partial charge in [-0.2, -0.15) is 0 Å². The summed E-state index contributed by atoms with van der Waals surface area (Å²) in [5, 5.41) is 0. The lowest BCUT2D eigenvalue weighted by Gasteiger charge is -2.22. The van der Waals surface area contributed by atoms with Crippen molar-refractivity contribution in [1.29, 1.82) is 0 Å². The van der Waals surface area contributed by atoms with E-state index in [4.69, 9.17) is 5.73 Å². The van der Waals surface area contributed by atoms with Gasteiger partial charge in [0.15, 0.2) is 5.78 Å². The first-order valence-corrected chi connectivity index (χ1v) is 4.97. The monoisotopic (exact) mass is 181 g/mol. The van der Waals surface area contributed by atoms with Gasteiger partial charge in [0.05, 0.1) is 5.54 Å². The summed E-state index contributed by atoms with van der Waals surface area (Å²) in [7, 11) is 0. The molecule has 0 aromatic carbocycles. The molecule has 0 heterocycles. The van der Waals surface area contributed by atoms with Gasteiger partial charge >= 0.3 is 0 Å². The molecule has 0 amide bonds. The zero-order valence-corrected chi connectivity index (χ0v) is 8.60. The maximum atomic E-state index is 11.7. The molecular weight excluding hydrogens is 162 g/mol. The fourth-order valence-corrected chi connectivity index (χ4v) is 1.45. The van der Waals surface area contributed by atoms with Crippen LogP contribution in [0.25, 0.3) is 0 Å². The average molecular weight is 181 g/mol. The van der Waals surface area contributed by atoms with Gasteiger partial charge in [-0.15, -0.1) is 0 Å². The van der Waals surface area contributed by atoms with Crippen molar-refractivity contribution in [3.05, 3.63) is 12.2 Å². The standard InChI is InChI=1S/C11H19NO/c1-4-8(2)7-10(13)11(3,12)9-5-6-9/h9H,2,4-7,12H2,1,3H3. The lowest BCUT2D eigenvalue weighted by molar-refractivity contribution is -0.123. The van der Waals surface area contributed by atoms with E-state index in [2.05, 4.69) is 6.58 Å². The summed E-state index contributed by atoms with van der Waals surface area (Å²) < 4.78 is 0. The first-order valence-electron chi connectivity index (χ1n) is 4.97. The SMILES string of the molecule is C=C(CC)CC(=O)C(C)(N)C1CC1. The van der Waals surface area contributed by atoms with Crippen molar-refractivity contribution >= 4 is 5.78 Å². The van der Waals surface area contributed by atoms with Gasteiger partial charge < -0.3 is 5.73 Å². The van der Waals surface area contributed by atoms with E-state index < -0.39 is 5.54 Å². The van der Waals surface area contributed by atoms with E-state index in [1.165, 1.54) is 0 Å². The van der Waals surface area contributed by atoms with Crippen molar-refractivity contribution in [2.75, 3.05) is 0 Å². The summed E-state index contributed by atoms with van der Waals surface area (Å²) in [6.07, 6.45) is 3.54. The molecule has 1 aliphatic carbocycles. The molecule has 1 fully saturated rings. The highest BCUT2D eigenvalue weighted by Crippen LogP contribution is 2.39. The second-order valence-electron chi connectivity index (χ2n) is 4.26. The normalized spacial score (nSPS) is 20.8. The molecule has 13 heavy (non-hydrogen) atoms. The fraction of sp³-hybridized carbons (Fsp3) is 0.727. The lowest BCUT2D eigenvalue weighted by Crippen LogP contribution is -2.47. The molecular formula is C11H19NO. The molecule has 0 aliphatic heterocycles. The summed E-state index contributed by atoms with van der Waals surface area (Å²) in [6, 6.07) is 0. The molecule has 0 aromatic rings. The third-order valence-electron chi connectivity index (χ3n) is 2.94. The minimum Gasteiger partial charge on any atom is -0.319 e.